The van der Waals surface area contributed by atoms with Gasteiger partial charge in [-0.15, -0.1) is 0 Å². The van der Waals surface area contributed by atoms with Crippen molar-refractivity contribution < 1.29 is 51.5 Å². The molecule has 340 valence electrons. The lowest BCUT2D eigenvalue weighted by Gasteiger charge is -2.43. The van der Waals surface area contributed by atoms with E-state index in [0.29, 0.717) is 30.9 Å². The lowest BCUT2D eigenvalue weighted by Crippen LogP contribution is -3.00. The summed E-state index contributed by atoms with van der Waals surface area (Å²) >= 11 is 0. The fourth-order valence-corrected chi connectivity index (χ4v) is 7.74. The number of halogens is 1. The van der Waals surface area contributed by atoms with Crippen LogP contribution in [0.25, 0.3) is 0 Å². The predicted octanol–water partition coefficient (Wildman–Crippen LogP) is 1.40. The SMILES string of the molecule is CC(C)N1CC2C(=O)N(C)Cc3cc(=O)c(OCc4ccccc4)c(n32)C1=O.CCc1cc(=O)c(OCc2ccccc2)c2n1C(C(=O)OC(C)(C)C)CN(C(C)C)C2=O.C[NH3+].[Cl-]. The van der Waals surface area contributed by atoms with Gasteiger partial charge in [0, 0.05) is 42.7 Å². The lowest BCUT2D eigenvalue weighted by molar-refractivity contribution is -0.325. The zero-order chi connectivity index (χ0) is 45.6. The quantitative estimate of drug-likeness (QED) is 0.231. The van der Waals surface area contributed by atoms with Gasteiger partial charge >= 0.3 is 5.97 Å². The summed E-state index contributed by atoms with van der Waals surface area (Å²) in [5, 5.41) is 0. The van der Waals surface area contributed by atoms with Gasteiger partial charge in [0.1, 0.15) is 30.9 Å². The minimum atomic E-state index is -0.765. The third kappa shape index (κ3) is 10.8. The molecule has 5 heterocycles. The molecule has 7 rings (SSSR count). The molecule has 2 unspecified atom stereocenters. The van der Waals surface area contributed by atoms with Crippen LogP contribution in [0.4, 0.5) is 0 Å². The molecular formula is C47H61ClN6O9. The highest BCUT2D eigenvalue weighted by Gasteiger charge is 2.44. The van der Waals surface area contributed by atoms with Crippen molar-refractivity contribution in [1.29, 1.82) is 0 Å². The molecule has 2 atom stereocenters. The van der Waals surface area contributed by atoms with Gasteiger partial charge in [-0.2, -0.15) is 0 Å². The standard InChI is InChI=1S/C25H32N2O5.C21H23N3O4.CH5N.ClH/c1-7-18-13-20(28)22(31-15-17-11-9-8-10-12-17)21-23(29)26(16(2)3)14-19(27(18)21)24(30)32-25(4,5)6;1-13(2)23-11-16-20(26)22(3)10-15-9-17(25)19(18(21(23)27)24(15)16)28-12-14-7-5-4-6-8-14;1-2;/h8-13,16,19H,7,14-15H2,1-6H3;4-9,13,16H,10-12H2,1-3H3;2H2,1H3;1H. The molecule has 15 nitrogen and oxygen atoms in total. The van der Waals surface area contributed by atoms with E-state index >= 15 is 0 Å². The minimum Gasteiger partial charge on any atom is -1.00 e. The van der Waals surface area contributed by atoms with E-state index in [-0.39, 0.29) is 95.7 Å². The van der Waals surface area contributed by atoms with Crippen molar-refractivity contribution in [3.8, 4) is 11.5 Å². The minimum absolute atomic E-state index is 0. The molecule has 0 fully saturated rings. The number of likely N-dealkylation sites (N-methyl/N-ethyl adjacent to an activating group) is 1. The summed E-state index contributed by atoms with van der Waals surface area (Å²) in [4.78, 5) is 83.4. The van der Waals surface area contributed by atoms with Crippen LogP contribution < -0.4 is 38.5 Å². The molecule has 2 aromatic carbocycles. The molecule has 2 aromatic heterocycles. The van der Waals surface area contributed by atoms with E-state index in [1.54, 1.807) is 58.7 Å². The molecule has 0 spiro atoms. The number of aryl methyl sites for hydroxylation is 1. The van der Waals surface area contributed by atoms with Crippen LogP contribution in [0.2, 0.25) is 0 Å². The molecule has 3 N–H and O–H groups in total. The molecule has 3 aliphatic rings. The van der Waals surface area contributed by atoms with Gasteiger partial charge in [-0.25, -0.2) is 4.79 Å². The largest absolute Gasteiger partial charge is 1.00 e. The van der Waals surface area contributed by atoms with Gasteiger partial charge in [0.05, 0.1) is 26.7 Å². The maximum Gasteiger partial charge on any atom is 0.331 e. The number of benzene rings is 2. The van der Waals surface area contributed by atoms with Gasteiger partial charge in [0.25, 0.3) is 11.8 Å². The Hall–Kier alpha value is -5.93. The van der Waals surface area contributed by atoms with Crippen LogP contribution in [0.1, 0.15) is 111 Å². The van der Waals surface area contributed by atoms with Gasteiger partial charge in [-0.05, 0) is 66.0 Å². The maximum absolute atomic E-state index is 13.5. The van der Waals surface area contributed by atoms with Gasteiger partial charge in [0.15, 0.2) is 22.9 Å². The summed E-state index contributed by atoms with van der Waals surface area (Å²) in [6.07, 6.45) is 0.482. The zero-order valence-corrected chi connectivity index (χ0v) is 38.7. The van der Waals surface area contributed by atoms with Crippen molar-refractivity contribution in [2.75, 3.05) is 27.2 Å². The Morgan fingerprint density at radius 1 is 0.730 bits per heavy atom. The van der Waals surface area contributed by atoms with Crippen LogP contribution in [0, 0.1) is 0 Å². The van der Waals surface area contributed by atoms with Gasteiger partial charge in [-0.1, -0.05) is 67.6 Å². The van der Waals surface area contributed by atoms with E-state index < -0.39 is 23.7 Å². The Bertz CT molecular complexity index is 2390. The Morgan fingerprint density at radius 3 is 1.65 bits per heavy atom. The molecular weight excluding hydrogens is 828 g/mol. The third-order valence-corrected chi connectivity index (χ3v) is 10.7. The molecule has 16 heteroatoms. The second kappa shape index (κ2) is 21.0. The number of quaternary nitrogens is 1. The number of carbonyl (C=O) groups excluding carboxylic acids is 4. The second-order valence-corrected chi connectivity index (χ2v) is 16.9. The molecule has 4 aromatic rings. The van der Waals surface area contributed by atoms with Crippen LogP contribution in [0.15, 0.2) is 82.4 Å². The normalized spacial score (nSPS) is 16.5. The molecule has 0 saturated carbocycles. The molecule has 0 radical (unpaired) electrons. The summed E-state index contributed by atoms with van der Waals surface area (Å²) in [6.45, 7) is 15.9. The number of fused-ring (bicyclic) bond motifs is 1. The predicted molar refractivity (Wildman–Crippen MR) is 234 cm³/mol. The van der Waals surface area contributed by atoms with Crippen molar-refractivity contribution in [2.45, 2.75) is 111 Å². The van der Waals surface area contributed by atoms with E-state index in [4.69, 9.17) is 14.2 Å². The fraction of sp³-hybridized carbons (Fsp3) is 0.447. The Balaban J connectivity index is 0.000000264. The maximum atomic E-state index is 13.5. The van der Waals surface area contributed by atoms with Crippen molar-refractivity contribution in [3.63, 3.8) is 0 Å². The number of pyridine rings is 2. The van der Waals surface area contributed by atoms with Crippen molar-refractivity contribution in [2.24, 2.45) is 0 Å². The molecule has 3 amide bonds. The van der Waals surface area contributed by atoms with Crippen molar-refractivity contribution in [3.05, 3.63) is 127 Å². The summed E-state index contributed by atoms with van der Waals surface area (Å²) in [7, 11) is 3.46. The first-order valence-corrected chi connectivity index (χ1v) is 21.1. The average molecular weight is 889 g/mol. The first kappa shape index (κ1) is 49.7. The van der Waals surface area contributed by atoms with Crippen LogP contribution >= 0.6 is 0 Å². The number of rotatable bonds is 10. The van der Waals surface area contributed by atoms with Crippen molar-refractivity contribution in [1.82, 2.24) is 23.8 Å². The Labute approximate surface area is 375 Å². The van der Waals surface area contributed by atoms with Crippen LogP contribution in [-0.4, -0.2) is 92.4 Å². The number of aromatic nitrogens is 2. The number of ether oxygens (including phenoxy) is 3. The van der Waals surface area contributed by atoms with E-state index in [1.807, 2.05) is 95.3 Å². The smallest absolute Gasteiger partial charge is 0.331 e. The third-order valence-electron chi connectivity index (χ3n) is 10.7. The Morgan fingerprint density at radius 2 is 1.19 bits per heavy atom. The van der Waals surface area contributed by atoms with Crippen LogP contribution in [-0.2, 0) is 40.5 Å². The summed E-state index contributed by atoms with van der Waals surface area (Å²) in [6, 6.07) is 20.3. The zero-order valence-electron chi connectivity index (χ0n) is 38.0. The second-order valence-electron chi connectivity index (χ2n) is 16.9. The number of hydrogen-bond acceptors (Lipinski definition) is 9. The summed E-state index contributed by atoms with van der Waals surface area (Å²) in [5.41, 5.74) is 5.19. The monoisotopic (exact) mass is 888 g/mol. The first-order valence-electron chi connectivity index (χ1n) is 21.1. The Kier molecular flexibility index (Phi) is 16.5. The number of carbonyl (C=O) groups is 4. The summed E-state index contributed by atoms with van der Waals surface area (Å²) in [5.74, 6) is -1.12. The summed E-state index contributed by atoms with van der Waals surface area (Å²) < 4.78 is 20.8. The topological polar surface area (TPSA) is 177 Å². The van der Waals surface area contributed by atoms with Crippen LogP contribution in [0.5, 0.6) is 11.5 Å². The highest BCUT2D eigenvalue weighted by atomic mass is 35.5. The first-order chi connectivity index (χ1) is 29.4. The number of nitrogens with zero attached hydrogens (tertiary/aromatic N) is 5. The molecule has 0 aliphatic carbocycles. The molecule has 3 aliphatic heterocycles. The van der Waals surface area contributed by atoms with E-state index in [9.17, 15) is 28.8 Å². The highest BCUT2D eigenvalue weighted by Crippen LogP contribution is 2.35. The number of esters is 1. The number of hydrogen-bond donors (Lipinski definition) is 1. The highest BCUT2D eigenvalue weighted by molar-refractivity contribution is 5.99. The molecule has 0 bridgehead atoms. The molecule has 63 heavy (non-hydrogen) atoms. The van der Waals surface area contributed by atoms with Crippen LogP contribution in [0.3, 0.4) is 0 Å². The number of amides is 3. The van der Waals surface area contributed by atoms with Gasteiger partial charge in [0.2, 0.25) is 16.8 Å². The van der Waals surface area contributed by atoms with E-state index in [0.717, 1.165) is 11.1 Å². The van der Waals surface area contributed by atoms with E-state index in [2.05, 4.69) is 5.73 Å². The fourth-order valence-electron chi connectivity index (χ4n) is 7.74. The van der Waals surface area contributed by atoms with E-state index in [1.165, 1.54) is 12.1 Å². The van der Waals surface area contributed by atoms with Gasteiger partial charge in [-0.3, -0.25) is 24.0 Å². The lowest BCUT2D eigenvalue weighted by atomic mass is 10.0. The van der Waals surface area contributed by atoms with Gasteiger partial charge < -0.3 is 56.2 Å². The van der Waals surface area contributed by atoms with Crippen molar-refractivity contribution >= 4 is 23.7 Å². The average Bonchev–Trinajstić information content (AvgIpc) is 3.23. The molecule has 0 saturated heterocycles.